The number of nitrogens with zero attached hydrogens (tertiary/aromatic N) is 2. The van der Waals surface area contributed by atoms with E-state index >= 15 is 0 Å². The predicted molar refractivity (Wildman–Crippen MR) is 55.7 cm³/mol. The molecule has 1 aliphatic rings. The van der Waals surface area contributed by atoms with Crippen molar-refractivity contribution in [3.05, 3.63) is 52.2 Å². The van der Waals surface area contributed by atoms with Crippen LogP contribution in [0.2, 0.25) is 0 Å². The van der Waals surface area contributed by atoms with Crippen LogP contribution in [0.1, 0.15) is 17.2 Å². The van der Waals surface area contributed by atoms with Gasteiger partial charge >= 0.3 is 5.69 Å². The first-order valence-electron chi connectivity index (χ1n) is 5.03. The van der Waals surface area contributed by atoms with Crippen molar-refractivity contribution in [1.29, 1.82) is 0 Å². The molecule has 0 atom stereocenters. The van der Waals surface area contributed by atoms with Gasteiger partial charge in [-0.1, -0.05) is 24.3 Å². The van der Waals surface area contributed by atoms with Crippen LogP contribution in [0.15, 0.2) is 35.4 Å². The zero-order chi connectivity index (χ0) is 10.3. The van der Waals surface area contributed by atoms with E-state index in [1.54, 1.807) is 10.9 Å². The number of rotatable bonds is 1. The molecule has 0 saturated heterocycles. The Kier molecular flexibility index (Phi) is 1.74. The lowest BCUT2D eigenvalue weighted by Crippen LogP contribution is -2.21. The van der Waals surface area contributed by atoms with Crippen LogP contribution in [0.4, 0.5) is 0 Å². The van der Waals surface area contributed by atoms with E-state index in [-0.39, 0.29) is 11.7 Å². The molecule has 4 heteroatoms. The molecule has 1 heterocycles. The lowest BCUT2D eigenvalue weighted by atomic mass is 10.1. The van der Waals surface area contributed by atoms with E-state index in [0.29, 0.717) is 0 Å². The molecule has 0 radical (unpaired) electrons. The van der Waals surface area contributed by atoms with Gasteiger partial charge in [-0.05, 0) is 24.0 Å². The van der Waals surface area contributed by atoms with E-state index in [9.17, 15) is 4.79 Å². The summed E-state index contributed by atoms with van der Waals surface area (Å²) in [7, 11) is 0. The van der Waals surface area contributed by atoms with Crippen molar-refractivity contribution in [3.63, 3.8) is 0 Å². The lowest BCUT2D eigenvalue weighted by Gasteiger charge is -2.07. The zero-order valence-electron chi connectivity index (χ0n) is 8.18. The molecule has 76 valence electrons. The minimum absolute atomic E-state index is 0.118. The summed E-state index contributed by atoms with van der Waals surface area (Å²) in [6.07, 6.45) is 3.43. The van der Waals surface area contributed by atoms with E-state index in [4.69, 9.17) is 0 Å². The molecule has 1 aromatic heterocycles. The Bertz CT molecular complexity index is 516. The minimum atomic E-state index is -0.118. The molecule has 2 aromatic rings. The summed E-state index contributed by atoms with van der Waals surface area (Å²) in [6, 6.07) is 8.56. The van der Waals surface area contributed by atoms with Crippen LogP contribution in [0, 0.1) is 0 Å². The van der Waals surface area contributed by atoms with Crippen LogP contribution in [0.5, 0.6) is 0 Å². The second-order valence-electron chi connectivity index (χ2n) is 3.90. The highest BCUT2D eigenvalue weighted by Crippen LogP contribution is 2.28. The van der Waals surface area contributed by atoms with Gasteiger partial charge in [0, 0.05) is 6.04 Å². The fourth-order valence-corrected chi connectivity index (χ4v) is 2.25. The molecule has 15 heavy (non-hydrogen) atoms. The Balaban J connectivity index is 1.97. The average molecular weight is 201 g/mol. The highest BCUT2D eigenvalue weighted by atomic mass is 16.1. The van der Waals surface area contributed by atoms with Crippen LogP contribution in [0.25, 0.3) is 0 Å². The van der Waals surface area contributed by atoms with E-state index in [0.717, 1.165) is 12.8 Å². The van der Waals surface area contributed by atoms with Crippen LogP contribution in [-0.4, -0.2) is 14.8 Å². The quantitative estimate of drug-likeness (QED) is 0.745. The highest BCUT2D eigenvalue weighted by Gasteiger charge is 2.23. The number of aromatic amines is 1. The van der Waals surface area contributed by atoms with Crippen molar-refractivity contribution < 1.29 is 0 Å². The number of hydrogen-bond donors (Lipinski definition) is 1. The van der Waals surface area contributed by atoms with Crippen LogP contribution in [0.3, 0.4) is 0 Å². The number of H-pyrrole nitrogens is 1. The minimum Gasteiger partial charge on any atom is -0.278 e. The van der Waals surface area contributed by atoms with Gasteiger partial charge in [0.25, 0.3) is 0 Å². The third-order valence-electron chi connectivity index (χ3n) is 3.00. The van der Waals surface area contributed by atoms with Crippen LogP contribution >= 0.6 is 0 Å². The molecule has 0 aliphatic heterocycles. The first-order valence-corrected chi connectivity index (χ1v) is 5.03. The van der Waals surface area contributed by atoms with Crippen molar-refractivity contribution in [3.8, 4) is 0 Å². The molecular weight excluding hydrogens is 190 g/mol. The Morgan fingerprint density at radius 2 is 1.93 bits per heavy atom. The van der Waals surface area contributed by atoms with Gasteiger partial charge in [-0.3, -0.25) is 4.57 Å². The summed E-state index contributed by atoms with van der Waals surface area (Å²) in [4.78, 5) is 11.4. The van der Waals surface area contributed by atoms with Crippen molar-refractivity contribution in [2.45, 2.75) is 18.9 Å². The topological polar surface area (TPSA) is 50.7 Å². The van der Waals surface area contributed by atoms with E-state index in [1.165, 1.54) is 11.1 Å². The third-order valence-corrected chi connectivity index (χ3v) is 3.00. The lowest BCUT2D eigenvalue weighted by molar-refractivity contribution is 0.513. The third kappa shape index (κ3) is 1.29. The first kappa shape index (κ1) is 8.47. The Hall–Kier alpha value is -1.84. The molecule has 1 aliphatic carbocycles. The van der Waals surface area contributed by atoms with Gasteiger partial charge in [0.1, 0.15) is 6.33 Å². The van der Waals surface area contributed by atoms with Gasteiger partial charge in [-0.25, -0.2) is 9.89 Å². The normalized spacial score (nSPS) is 15.5. The highest BCUT2D eigenvalue weighted by molar-refractivity contribution is 5.32. The summed E-state index contributed by atoms with van der Waals surface area (Å²) in [5.74, 6) is 0. The summed E-state index contributed by atoms with van der Waals surface area (Å²) < 4.78 is 1.68. The van der Waals surface area contributed by atoms with Gasteiger partial charge in [0.2, 0.25) is 0 Å². The summed E-state index contributed by atoms with van der Waals surface area (Å²) in [5, 5.41) is 6.18. The smallest absolute Gasteiger partial charge is 0.278 e. The molecule has 0 bridgehead atoms. The second kappa shape index (κ2) is 3.08. The molecule has 1 aromatic carbocycles. The first-order chi connectivity index (χ1) is 7.34. The molecular formula is C11H11N3O. The van der Waals surface area contributed by atoms with Gasteiger partial charge < -0.3 is 0 Å². The largest absolute Gasteiger partial charge is 0.343 e. The molecule has 0 spiro atoms. The number of hydrogen-bond acceptors (Lipinski definition) is 2. The molecule has 4 nitrogen and oxygen atoms in total. The maximum absolute atomic E-state index is 11.4. The summed E-state index contributed by atoms with van der Waals surface area (Å²) >= 11 is 0. The fourth-order valence-electron chi connectivity index (χ4n) is 2.25. The van der Waals surface area contributed by atoms with Crippen molar-refractivity contribution >= 4 is 0 Å². The molecule has 3 rings (SSSR count). The Morgan fingerprint density at radius 1 is 1.27 bits per heavy atom. The SMILES string of the molecule is O=c1[nH]ncn1C1Cc2ccccc2C1. The number of nitrogens with one attached hydrogen (secondary N) is 1. The van der Waals surface area contributed by atoms with E-state index in [2.05, 4.69) is 22.3 Å². The predicted octanol–water partition coefficient (Wildman–Crippen LogP) is 0.911. The van der Waals surface area contributed by atoms with Gasteiger partial charge in [-0.2, -0.15) is 5.10 Å². The summed E-state index contributed by atoms with van der Waals surface area (Å²) in [5.41, 5.74) is 2.57. The molecule has 0 unspecified atom stereocenters. The number of fused-ring (bicyclic) bond motifs is 1. The number of aromatic nitrogens is 3. The van der Waals surface area contributed by atoms with Crippen LogP contribution < -0.4 is 5.69 Å². The van der Waals surface area contributed by atoms with E-state index in [1.807, 2.05) is 12.1 Å². The standard InChI is InChI=1S/C11H11N3O/c15-11-13-12-7-14(11)10-5-8-3-1-2-4-9(8)6-10/h1-4,7,10H,5-6H2,(H,13,15). The van der Waals surface area contributed by atoms with Gasteiger partial charge in [0.05, 0.1) is 0 Å². The molecule has 0 saturated carbocycles. The van der Waals surface area contributed by atoms with Gasteiger partial charge in [-0.15, -0.1) is 0 Å². The van der Waals surface area contributed by atoms with E-state index < -0.39 is 0 Å². The van der Waals surface area contributed by atoms with Crippen molar-refractivity contribution in [2.75, 3.05) is 0 Å². The Morgan fingerprint density at radius 3 is 2.47 bits per heavy atom. The average Bonchev–Trinajstić information content (AvgIpc) is 2.82. The number of benzene rings is 1. The zero-order valence-corrected chi connectivity index (χ0v) is 8.18. The monoisotopic (exact) mass is 201 g/mol. The Labute approximate surface area is 86.6 Å². The van der Waals surface area contributed by atoms with Crippen LogP contribution in [-0.2, 0) is 12.8 Å². The summed E-state index contributed by atoms with van der Waals surface area (Å²) in [6.45, 7) is 0. The second-order valence-corrected chi connectivity index (χ2v) is 3.90. The molecule has 1 N–H and O–H groups in total. The van der Waals surface area contributed by atoms with Crippen molar-refractivity contribution in [1.82, 2.24) is 14.8 Å². The fraction of sp³-hybridized carbons (Fsp3) is 0.273. The molecule has 0 fully saturated rings. The van der Waals surface area contributed by atoms with Crippen molar-refractivity contribution in [2.24, 2.45) is 0 Å². The maximum atomic E-state index is 11.4. The van der Waals surface area contributed by atoms with Gasteiger partial charge in [0.15, 0.2) is 0 Å². The maximum Gasteiger partial charge on any atom is 0.343 e. The molecule has 0 amide bonds.